The predicted octanol–water partition coefficient (Wildman–Crippen LogP) is 4.49. The Morgan fingerprint density at radius 2 is 1.91 bits per heavy atom. The highest BCUT2D eigenvalue weighted by Gasteiger charge is 2.47. The SMILES string of the molecule is [C-]#[N+]C[C@H]1CN(c2nc(OCCN(C)C3CC(F)(F)C3)nc3c2CCN(c2cccc4cccc(C)c24)C3)CCN1S(=O)(=O)C=C. The van der Waals surface area contributed by atoms with Crippen LogP contribution in [0.1, 0.15) is 29.7 Å². The summed E-state index contributed by atoms with van der Waals surface area (Å²) in [4.78, 5) is 19.5. The molecule has 0 radical (unpaired) electrons. The minimum atomic E-state index is -3.70. The fourth-order valence-electron chi connectivity index (χ4n) is 6.81. The van der Waals surface area contributed by atoms with Gasteiger partial charge in [-0.3, -0.25) is 4.90 Å². The number of benzene rings is 2. The fourth-order valence-corrected chi connectivity index (χ4v) is 7.89. The number of fused-ring (bicyclic) bond motifs is 2. The van der Waals surface area contributed by atoms with E-state index in [0.29, 0.717) is 38.4 Å². The highest BCUT2D eigenvalue weighted by molar-refractivity contribution is 7.92. The van der Waals surface area contributed by atoms with Crippen LogP contribution in [0.3, 0.4) is 0 Å². The van der Waals surface area contributed by atoms with Gasteiger partial charge in [-0.2, -0.15) is 14.3 Å². The molecule has 1 atom stereocenters. The molecule has 2 aliphatic heterocycles. The number of halogens is 2. The molecule has 2 aromatic carbocycles. The lowest BCUT2D eigenvalue weighted by molar-refractivity contribution is -0.120. The summed E-state index contributed by atoms with van der Waals surface area (Å²) in [5.41, 5.74) is 4.13. The molecule has 0 N–H and O–H groups in total. The van der Waals surface area contributed by atoms with Crippen LogP contribution < -0.4 is 14.5 Å². The lowest BCUT2D eigenvalue weighted by Crippen LogP contribution is -2.56. The van der Waals surface area contributed by atoms with Crippen LogP contribution in [0.5, 0.6) is 6.01 Å². The van der Waals surface area contributed by atoms with Gasteiger partial charge in [-0.15, -0.1) is 0 Å². The molecule has 6 rings (SSSR count). The minimum absolute atomic E-state index is 0.0148. The standard InChI is InChI=1S/C33H39F2N7O3S/c1-5-46(43,44)42-15-14-41(21-26(42)20-36-3)31-27-12-13-40(29-11-7-10-24-9-6-8-23(2)30(24)29)22-28(27)37-32(38-31)45-17-16-39(4)25-18-33(34,35)19-25/h5-11,25-26H,1,12-22H2,2,4H3/t26-/m0/s1. The summed E-state index contributed by atoms with van der Waals surface area (Å²) in [5, 5.41) is 3.30. The summed E-state index contributed by atoms with van der Waals surface area (Å²) < 4.78 is 59.7. The Balaban J connectivity index is 1.29. The smallest absolute Gasteiger partial charge is 0.318 e. The highest BCUT2D eigenvalue weighted by Crippen LogP contribution is 2.40. The van der Waals surface area contributed by atoms with Crippen LogP contribution in [0.2, 0.25) is 0 Å². The first-order valence-electron chi connectivity index (χ1n) is 15.6. The number of rotatable bonds is 10. The highest BCUT2D eigenvalue weighted by atomic mass is 32.2. The maximum atomic E-state index is 13.4. The molecular formula is C33H39F2N7O3S. The van der Waals surface area contributed by atoms with Gasteiger partial charge >= 0.3 is 6.01 Å². The van der Waals surface area contributed by atoms with Gasteiger partial charge in [-0.25, -0.2) is 23.8 Å². The number of piperazine rings is 1. The molecule has 0 unspecified atom stereocenters. The zero-order chi connectivity index (χ0) is 32.6. The van der Waals surface area contributed by atoms with Crippen molar-refractivity contribution >= 4 is 32.3 Å². The van der Waals surface area contributed by atoms with E-state index in [9.17, 15) is 17.2 Å². The van der Waals surface area contributed by atoms with E-state index in [2.05, 4.69) is 59.6 Å². The van der Waals surface area contributed by atoms with E-state index in [0.717, 1.165) is 28.9 Å². The summed E-state index contributed by atoms with van der Waals surface area (Å²) in [5.74, 6) is -1.91. The quantitative estimate of drug-likeness (QED) is 0.297. The lowest BCUT2D eigenvalue weighted by atomic mass is 9.87. The Morgan fingerprint density at radius 3 is 2.63 bits per heavy atom. The van der Waals surface area contributed by atoms with Crippen LogP contribution in [0.4, 0.5) is 20.3 Å². The van der Waals surface area contributed by atoms with Crippen molar-refractivity contribution in [3.63, 3.8) is 0 Å². The number of anilines is 2. The van der Waals surface area contributed by atoms with Crippen LogP contribution in [0.15, 0.2) is 48.4 Å². The van der Waals surface area contributed by atoms with E-state index in [1.165, 1.54) is 20.6 Å². The van der Waals surface area contributed by atoms with Crippen LogP contribution in [0.25, 0.3) is 15.6 Å². The molecule has 1 saturated carbocycles. The van der Waals surface area contributed by atoms with Gasteiger partial charge < -0.3 is 19.4 Å². The van der Waals surface area contributed by atoms with E-state index in [-0.39, 0.29) is 44.6 Å². The van der Waals surface area contributed by atoms with Gasteiger partial charge in [0.15, 0.2) is 0 Å². The minimum Gasteiger partial charge on any atom is -0.462 e. The van der Waals surface area contributed by atoms with Gasteiger partial charge in [0.1, 0.15) is 18.5 Å². The number of aryl methyl sites for hydroxylation is 1. The molecular weight excluding hydrogens is 612 g/mol. The maximum Gasteiger partial charge on any atom is 0.318 e. The largest absolute Gasteiger partial charge is 0.462 e. The molecule has 46 heavy (non-hydrogen) atoms. The molecule has 0 amide bonds. The van der Waals surface area contributed by atoms with Gasteiger partial charge in [0.05, 0.1) is 12.2 Å². The molecule has 2 fully saturated rings. The molecule has 3 heterocycles. The molecule has 0 bridgehead atoms. The van der Waals surface area contributed by atoms with Crippen molar-refractivity contribution < 1.29 is 21.9 Å². The third kappa shape index (κ3) is 6.38. The third-order valence-corrected chi connectivity index (χ3v) is 10.9. The molecule has 0 spiro atoms. The molecule has 3 aromatic rings. The average molecular weight is 652 g/mol. The van der Waals surface area contributed by atoms with Gasteiger partial charge in [-0.05, 0) is 37.4 Å². The normalized spacial score (nSPS) is 20.3. The molecule has 1 aliphatic carbocycles. The first-order chi connectivity index (χ1) is 22.0. The predicted molar refractivity (Wildman–Crippen MR) is 175 cm³/mol. The molecule has 1 aromatic heterocycles. The molecule has 3 aliphatic rings. The monoisotopic (exact) mass is 651 g/mol. The molecule has 244 valence electrons. The Kier molecular flexibility index (Phi) is 8.89. The summed E-state index contributed by atoms with van der Waals surface area (Å²) in [6, 6.07) is 12.1. The second-order valence-corrected chi connectivity index (χ2v) is 14.2. The molecule has 1 saturated heterocycles. The second-order valence-electron chi connectivity index (χ2n) is 12.4. The Labute approximate surface area is 269 Å². The van der Waals surface area contributed by atoms with Crippen molar-refractivity contribution in [3.05, 3.63) is 76.6 Å². The van der Waals surface area contributed by atoms with Crippen molar-refractivity contribution in [3.8, 4) is 6.01 Å². The van der Waals surface area contributed by atoms with E-state index >= 15 is 0 Å². The van der Waals surface area contributed by atoms with E-state index in [4.69, 9.17) is 21.3 Å². The van der Waals surface area contributed by atoms with Crippen molar-refractivity contribution in [2.45, 2.75) is 50.7 Å². The average Bonchev–Trinajstić information content (AvgIpc) is 3.02. The first kappa shape index (κ1) is 32.1. The number of alkyl halides is 2. The van der Waals surface area contributed by atoms with Gasteiger partial charge in [0, 0.05) is 73.7 Å². The van der Waals surface area contributed by atoms with Gasteiger partial charge in [0.25, 0.3) is 5.92 Å². The zero-order valence-corrected chi connectivity index (χ0v) is 27.0. The number of hydrogen-bond donors (Lipinski definition) is 0. The van der Waals surface area contributed by atoms with Crippen molar-refractivity contribution in [2.75, 3.05) is 62.7 Å². The third-order valence-electron chi connectivity index (χ3n) is 9.39. The number of sulfonamides is 1. The molecule has 13 heteroatoms. The number of aromatic nitrogens is 2. The summed E-state index contributed by atoms with van der Waals surface area (Å²) in [7, 11) is -1.88. The number of likely N-dealkylation sites (N-methyl/N-ethyl adjacent to an activating group) is 1. The fraction of sp³-hybridized carbons (Fsp3) is 0.485. The van der Waals surface area contributed by atoms with Crippen LogP contribution >= 0.6 is 0 Å². The summed E-state index contributed by atoms with van der Waals surface area (Å²) in [6.07, 6.45) is 0.377. The van der Waals surface area contributed by atoms with Gasteiger partial charge in [-0.1, -0.05) is 36.9 Å². The zero-order valence-electron chi connectivity index (χ0n) is 26.2. The van der Waals surface area contributed by atoms with Crippen LogP contribution in [-0.4, -0.2) is 98.5 Å². The Hall–Kier alpha value is -3.86. The number of ether oxygens (including phenoxy) is 1. The first-order valence-corrected chi connectivity index (χ1v) is 17.1. The Morgan fingerprint density at radius 1 is 1.15 bits per heavy atom. The van der Waals surface area contributed by atoms with E-state index < -0.39 is 22.0 Å². The van der Waals surface area contributed by atoms with Crippen molar-refractivity contribution in [1.29, 1.82) is 0 Å². The second kappa shape index (κ2) is 12.7. The summed E-state index contributed by atoms with van der Waals surface area (Å²) >= 11 is 0. The van der Waals surface area contributed by atoms with E-state index in [1.54, 1.807) is 0 Å². The molecule has 10 nitrogen and oxygen atoms in total. The number of nitrogens with zero attached hydrogens (tertiary/aromatic N) is 7. The van der Waals surface area contributed by atoms with E-state index in [1.807, 2.05) is 16.8 Å². The van der Waals surface area contributed by atoms with Crippen molar-refractivity contribution in [1.82, 2.24) is 19.2 Å². The number of hydrogen-bond acceptors (Lipinski definition) is 8. The van der Waals surface area contributed by atoms with Crippen molar-refractivity contribution in [2.24, 2.45) is 0 Å². The summed E-state index contributed by atoms with van der Waals surface area (Å²) in [6.45, 7) is 15.9. The Bertz CT molecular complexity index is 1770. The lowest BCUT2D eigenvalue weighted by Gasteiger charge is -2.41. The van der Waals surface area contributed by atoms with Crippen LogP contribution in [0, 0.1) is 13.5 Å². The maximum absolute atomic E-state index is 13.4. The van der Waals surface area contributed by atoms with Crippen LogP contribution in [-0.2, 0) is 23.0 Å². The van der Waals surface area contributed by atoms with Gasteiger partial charge in [0.2, 0.25) is 16.6 Å². The topological polar surface area (TPSA) is 86.5 Å².